The zero-order chi connectivity index (χ0) is 16.9. The maximum absolute atomic E-state index is 12.9. The summed E-state index contributed by atoms with van der Waals surface area (Å²) in [6.07, 6.45) is 0.585. The molecule has 0 spiro atoms. The van der Waals surface area contributed by atoms with Gasteiger partial charge in [0.2, 0.25) is 0 Å². The van der Waals surface area contributed by atoms with E-state index in [0.717, 1.165) is 16.1 Å². The first kappa shape index (κ1) is 15.5. The molecule has 2 aromatic rings. The molecule has 5 heteroatoms. The monoisotopic (exact) mass is 325 g/mol. The molecule has 0 unspecified atom stereocenters. The van der Waals surface area contributed by atoms with Crippen LogP contribution >= 0.6 is 0 Å². The van der Waals surface area contributed by atoms with Crippen LogP contribution in [0.2, 0.25) is 13.1 Å². The second-order valence-electron chi connectivity index (χ2n) is 6.65. The minimum absolute atomic E-state index is 0.0562. The Morgan fingerprint density at radius 3 is 2.30 bits per heavy atom. The maximum Gasteiger partial charge on any atom is 0.192 e. The zero-order valence-corrected chi connectivity index (χ0v) is 14.7. The lowest BCUT2D eigenvalue weighted by Gasteiger charge is -2.33. The molecule has 4 nitrogen and oxygen atoms in total. The molecule has 0 fully saturated rings. The average Bonchev–Trinajstić information content (AvgIpc) is 2.52. The topological polar surface area (TPSA) is 57.6 Å². The standard InChI is InChI=1S/C18H19NO3Si/c1-19(2)12-5-6-13-16(8-12)23(3,4)17-9-15(21)11(10-20)7-14(17)18(13)22/h5-10,21H,1-4H3. The highest BCUT2D eigenvalue weighted by Gasteiger charge is 2.39. The van der Waals surface area contributed by atoms with Crippen molar-refractivity contribution in [2.75, 3.05) is 19.0 Å². The van der Waals surface area contributed by atoms with Gasteiger partial charge in [0.1, 0.15) is 13.8 Å². The third-order valence-electron chi connectivity index (χ3n) is 4.65. The Bertz CT molecular complexity index is 840. The lowest BCUT2D eigenvalue weighted by molar-refractivity contribution is 0.104. The van der Waals surface area contributed by atoms with Gasteiger partial charge >= 0.3 is 0 Å². The van der Waals surface area contributed by atoms with E-state index in [9.17, 15) is 14.7 Å². The normalized spacial score (nSPS) is 14.9. The number of phenolic OH excluding ortho intramolecular Hbond substituents is 1. The lowest BCUT2D eigenvalue weighted by atomic mass is 9.99. The molecular weight excluding hydrogens is 306 g/mol. The van der Waals surface area contributed by atoms with E-state index < -0.39 is 8.07 Å². The van der Waals surface area contributed by atoms with E-state index in [0.29, 0.717) is 17.4 Å². The highest BCUT2D eigenvalue weighted by molar-refractivity contribution is 7.02. The van der Waals surface area contributed by atoms with E-state index in [1.165, 1.54) is 6.07 Å². The summed E-state index contributed by atoms with van der Waals surface area (Å²) in [5.41, 5.74) is 2.47. The van der Waals surface area contributed by atoms with Gasteiger partial charge in [-0.3, -0.25) is 9.59 Å². The van der Waals surface area contributed by atoms with Crippen molar-refractivity contribution >= 4 is 36.2 Å². The Morgan fingerprint density at radius 1 is 1.04 bits per heavy atom. The molecule has 0 saturated carbocycles. The fourth-order valence-corrected chi connectivity index (χ4v) is 6.25. The lowest BCUT2D eigenvalue weighted by Crippen LogP contribution is -2.59. The van der Waals surface area contributed by atoms with Gasteiger partial charge in [-0.2, -0.15) is 0 Å². The van der Waals surface area contributed by atoms with E-state index >= 15 is 0 Å². The highest BCUT2D eigenvalue weighted by Crippen LogP contribution is 2.26. The summed E-state index contributed by atoms with van der Waals surface area (Å²) < 4.78 is 0. The number of aldehydes is 1. The van der Waals surface area contributed by atoms with Crippen molar-refractivity contribution in [3.8, 4) is 5.75 Å². The van der Waals surface area contributed by atoms with Crippen LogP contribution in [0.4, 0.5) is 5.69 Å². The molecule has 1 heterocycles. The molecule has 0 aromatic heterocycles. The Kier molecular flexibility index (Phi) is 3.41. The molecule has 23 heavy (non-hydrogen) atoms. The number of aromatic hydroxyl groups is 1. The summed E-state index contributed by atoms with van der Waals surface area (Å²) >= 11 is 0. The third kappa shape index (κ3) is 2.19. The van der Waals surface area contributed by atoms with Crippen LogP contribution in [0.1, 0.15) is 26.3 Å². The predicted octanol–water partition coefficient (Wildman–Crippen LogP) is 1.64. The number of hydrogen-bond acceptors (Lipinski definition) is 4. The Balaban J connectivity index is 2.31. The van der Waals surface area contributed by atoms with E-state index in [2.05, 4.69) is 19.2 Å². The molecular formula is C18H19NO3Si. The van der Waals surface area contributed by atoms with Crippen molar-refractivity contribution in [1.29, 1.82) is 0 Å². The van der Waals surface area contributed by atoms with Crippen molar-refractivity contribution in [1.82, 2.24) is 0 Å². The van der Waals surface area contributed by atoms with Gasteiger partial charge in [-0.25, -0.2) is 0 Å². The largest absolute Gasteiger partial charge is 0.507 e. The molecule has 118 valence electrons. The van der Waals surface area contributed by atoms with Crippen molar-refractivity contribution in [3.05, 3.63) is 47.0 Å². The Hall–Kier alpha value is -2.40. The predicted molar refractivity (Wildman–Crippen MR) is 94.4 cm³/mol. The molecule has 0 radical (unpaired) electrons. The summed E-state index contributed by atoms with van der Waals surface area (Å²) in [6, 6.07) is 9.02. The number of carbonyl (C=O) groups excluding carboxylic acids is 2. The number of fused-ring (bicyclic) bond motifs is 2. The molecule has 0 bridgehead atoms. The van der Waals surface area contributed by atoms with Gasteiger partial charge in [-0.15, -0.1) is 0 Å². The van der Waals surface area contributed by atoms with E-state index in [1.807, 2.05) is 31.1 Å². The zero-order valence-electron chi connectivity index (χ0n) is 13.7. The van der Waals surface area contributed by atoms with Crippen LogP contribution in [0.5, 0.6) is 5.75 Å². The van der Waals surface area contributed by atoms with Crippen LogP contribution in [0, 0.1) is 0 Å². The first-order valence-corrected chi connectivity index (χ1v) is 10.5. The van der Waals surface area contributed by atoms with Gasteiger partial charge in [0, 0.05) is 30.9 Å². The summed E-state index contributed by atoms with van der Waals surface area (Å²) in [6.45, 7) is 4.33. The smallest absolute Gasteiger partial charge is 0.192 e. The second-order valence-corrected chi connectivity index (χ2v) is 11.0. The Morgan fingerprint density at radius 2 is 1.70 bits per heavy atom. The number of benzene rings is 2. The van der Waals surface area contributed by atoms with Crippen LogP contribution in [-0.2, 0) is 0 Å². The summed E-state index contributed by atoms with van der Waals surface area (Å²) in [5, 5.41) is 12.0. The summed E-state index contributed by atoms with van der Waals surface area (Å²) in [5.74, 6) is -0.130. The molecule has 2 aromatic carbocycles. The van der Waals surface area contributed by atoms with Gasteiger partial charge in [0.15, 0.2) is 12.1 Å². The summed E-state index contributed by atoms with van der Waals surface area (Å²) in [4.78, 5) is 26.0. The second kappa shape index (κ2) is 5.06. The first-order chi connectivity index (χ1) is 10.8. The molecule has 0 saturated heterocycles. The molecule has 0 aliphatic carbocycles. The van der Waals surface area contributed by atoms with Crippen LogP contribution < -0.4 is 15.3 Å². The first-order valence-electron chi connectivity index (χ1n) is 7.46. The van der Waals surface area contributed by atoms with E-state index in [4.69, 9.17) is 0 Å². The van der Waals surface area contributed by atoms with Crippen molar-refractivity contribution in [2.45, 2.75) is 13.1 Å². The van der Waals surface area contributed by atoms with Crippen LogP contribution in [-0.4, -0.2) is 39.3 Å². The minimum Gasteiger partial charge on any atom is -0.507 e. The quantitative estimate of drug-likeness (QED) is 0.674. The fraction of sp³-hybridized carbons (Fsp3) is 0.222. The SMILES string of the molecule is CN(C)c1ccc2c(c1)[Si](C)(C)c1cc(O)c(C=O)cc1C2=O. The minimum atomic E-state index is -2.14. The fourth-order valence-electron chi connectivity index (χ4n) is 3.22. The molecule has 0 atom stereocenters. The van der Waals surface area contributed by atoms with E-state index in [-0.39, 0.29) is 17.1 Å². The maximum atomic E-state index is 12.9. The van der Waals surface area contributed by atoms with Crippen LogP contribution in [0.15, 0.2) is 30.3 Å². The van der Waals surface area contributed by atoms with Crippen molar-refractivity contribution < 1.29 is 14.7 Å². The molecule has 1 aliphatic heterocycles. The number of rotatable bonds is 2. The number of phenols is 1. The summed E-state index contributed by atoms with van der Waals surface area (Å²) in [7, 11) is 1.80. The number of ketones is 1. The molecule has 0 amide bonds. The van der Waals surface area contributed by atoms with Crippen molar-refractivity contribution in [2.24, 2.45) is 0 Å². The van der Waals surface area contributed by atoms with Crippen molar-refractivity contribution in [3.63, 3.8) is 0 Å². The number of anilines is 1. The molecule has 3 rings (SSSR count). The Labute approximate surface area is 136 Å². The van der Waals surface area contributed by atoms with Gasteiger partial charge in [-0.1, -0.05) is 13.1 Å². The number of hydrogen-bond donors (Lipinski definition) is 1. The molecule has 1 N–H and O–H groups in total. The average molecular weight is 325 g/mol. The van der Waals surface area contributed by atoms with Gasteiger partial charge in [-0.05, 0) is 40.7 Å². The van der Waals surface area contributed by atoms with Gasteiger partial charge in [0.25, 0.3) is 0 Å². The molecule has 1 aliphatic rings. The van der Waals surface area contributed by atoms with Crippen LogP contribution in [0.25, 0.3) is 0 Å². The number of carbonyl (C=O) groups is 2. The third-order valence-corrected chi connectivity index (χ3v) is 8.17. The van der Waals surface area contributed by atoms with Crippen LogP contribution in [0.3, 0.4) is 0 Å². The highest BCUT2D eigenvalue weighted by atomic mass is 28.3. The number of nitrogens with zero attached hydrogens (tertiary/aromatic N) is 1. The van der Waals surface area contributed by atoms with Gasteiger partial charge in [0.05, 0.1) is 5.56 Å². The van der Waals surface area contributed by atoms with E-state index in [1.54, 1.807) is 6.07 Å². The van der Waals surface area contributed by atoms with Gasteiger partial charge < -0.3 is 10.0 Å².